The zero-order valence-corrected chi connectivity index (χ0v) is 14.1. The number of hydrogen-bond donors (Lipinski definition) is 2. The van der Waals surface area contributed by atoms with Gasteiger partial charge in [-0.3, -0.25) is 0 Å². The van der Waals surface area contributed by atoms with Crippen LogP contribution in [-0.4, -0.2) is 18.3 Å². The Morgan fingerprint density at radius 1 is 1.04 bits per heavy atom. The monoisotopic (exact) mass is 386 g/mol. The van der Waals surface area contributed by atoms with Crippen molar-refractivity contribution in [3.8, 4) is 11.5 Å². The molecule has 0 unspecified atom stereocenters. The van der Waals surface area contributed by atoms with Gasteiger partial charge in [0.05, 0.1) is 5.56 Å². The van der Waals surface area contributed by atoms with Gasteiger partial charge in [-0.1, -0.05) is 6.07 Å². The molecular weight excluding hydrogens is 372 g/mol. The highest BCUT2D eigenvalue weighted by Gasteiger charge is 2.31. The van der Waals surface area contributed by atoms with Crippen LogP contribution in [0, 0.1) is 5.82 Å². The van der Waals surface area contributed by atoms with Crippen molar-refractivity contribution in [1.82, 2.24) is 5.32 Å². The average molecular weight is 386 g/mol. The first-order chi connectivity index (χ1) is 12.3. The van der Waals surface area contributed by atoms with E-state index in [0.717, 1.165) is 12.1 Å². The zero-order chi connectivity index (χ0) is 18.7. The van der Waals surface area contributed by atoms with Gasteiger partial charge in [0.15, 0.2) is 16.6 Å². The molecular formula is C17H14F4N2O2S. The second-order valence-corrected chi connectivity index (χ2v) is 5.88. The van der Waals surface area contributed by atoms with Gasteiger partial charge >= 0.3 is 6.18 Å². The molecule has 3 rings (SSSR count). The highest BCUT2D eigenvalue weighted by Crippen LogP contribution is 2.32. The van der Waals surface area contributed by atoms with Crippen LogP contribution >= 0.6 is 12.2 Å². The van der Waals surface area contributed by atoms with E-state index < -0.39 is 17.6 Å². The molecule has 1 aliphatic rings. The first-order valence-electron chi connectivity index (χ1n) is 7.63. The molecule has 2 aromatic rings. The first kappa shape index (κ1) is 18.2. The van der Waals surface area contributed by atoms with Crippen LogP contribution in [0.25, 0.3) is 0 Å². The molecule has 2 aromatic carbocycles. The molecule has 2 N–H and O–H groups in total. The summed E-state index contributed by atoms with van der Waals surface area (Å²) in [6.07, 6.45) is -4.58. The number of alkyl halides is 3. The van der Waals surface area contributed by atoms with Crippen LogP contribution in [0.15, 0.2) is 36.4 Å². The van der Waals surface area contributed by atoms with Crippen LogP contribution in [0.1, 0.15) is 11.1 Å². The van der Waals surface area contributed by atoms with Gasteiger partial charge in [-0.25, -0.2) is 4.39 Å². The third-order valence-corrected chi connectivity index (χ3v) is 3.87. The van der Waals surface area contributed by atoms with Crippen molar-refractivity contribution >= 4 is 23.0 Å². The van der Waals surface area contributed by atoms with Gasteiger partial charge in [0, 0.05) is 23.9 Å². The molecule has 0 spiro atoms. The smallest absolute Gasteiger partial charge is 0.416 e. The SMILES string of the molecule is Fc1cc(C(F)(F)F)ccc1CNC(=S)Nc1ccc2c(c1)OCCO2. The molecule has 0 amide bonds. The lowest BCUT2D eigenvalue weighted by molar-refractivity contribution is -0.137. The minimum Gasteiger partial charge on any atom is -0.486 e. The number of anilines is 1. The third kappa shape index (κ3) is 4.34. The maximum absolute atomic E-state index is 13.8. The van der Waals surface area contributed by atoms with E-state index in [1.54, 1.807) is 18.2 Å². The minimum absolute atomic E-state index is 0.0552. The summed E-state index contributed by atoms with van der Waals surface area (Å²) in [6.45, 7) is 0.880. The first-order valence-corrected chi connectivity index (χ1v) is 8.04. The summed E-state index contributed by atoms with van der Waals surface area (Å²) in [5.74, 6) is 0.264. The molecule has 26 heavy (non-hydrogen) atoms. The summed E-state index contributed by atoms with van der Waals surface area (Å²) < 4.78 is 62.3. The Bertz CT molecular complexity index is 827. The summed E-state index contributed by atoms with van der Waals surface area (Å²) in [5.41, 5.74) is -0.320. The molecule has 0 bridgehead atoms. The zero-order valence-electron chi connectivity index (χ0n) is 13.3. The normalized spacial score (nSPS) is 13.2. The van der Waals surface area contributed by atoms with E-state index in [1.807, 2.05) is 0 Å². The van der Waals surface area contributed by atoms with Crippen molar-refractivity contribution in [2.45, 2.75) is 12.7 Å². The van der Waals surface area contributed by atoms with E-state index >= 15 is 0 Å². The van der Waals surface area contributed by atoms with Crippen LogP contribution in [0.4, 0.5) is 23.2 Å². The predicted molar refractivity (Wildman–Crippen MR) is 91.9 cm³/mol. The van der Waals surface area contributed by atoms with E-state index in [9.17, 15) is 17.6 Å². The largest absolute Gasteiger partial charge is 0.486 e. The van der Waals surface area contributed by atoms with Crippen LogP contribution in [0.5, 0.6) is 11.5 Å². The van der Waals surface area contributed by atoms with E-state index in [-0.39, 0.29) is 17.2 Å². The topological polar surface area (TPSA) is 42.5 Å². The summed E-state index contributed by atoms with van der Waals surface area (Å²) in [4.78, 5) is 0. The van der Waals surface area contributed by atoms with Crippen LogP contribution in [-0.2, 0) is 12.7 Å². The summed E-state index contributed by atoms with van der Waals surface area (Å²) in [6, 6.07) is 7.56. The van der Waals surface area contributed by atoms with Crippen LogP contribution in [0.3, 0.4) is 0 Å². The summed E-state index contributed by atoms with van der Waals surface area (Å²) in [7, 11) is 0. The van der Waals surface area contributed by atoms with Gasteiger partial charge in [0.1, 0.15) is 19.0 Å². The number of halogens is 4. The molecule has 0 atom stereocenters. The second-order valence-electron chi connectivity index (χ2n) is 5.47. The fraction of sp³-hybridized carbons (Fsp3) is 0.235. The van der Waals surface area contributed by atoms with E-state index in [2.05, 4.69) is 10.6 Å². The lowest BCUT2D eigenvalue weighted by Crippen LogP contribution is -2.28. The molecule has 0 aromatic heterocycles. The maximum atomic E-state index is 13.8. The molecule has 0 radical (unpaired) electrons. The van der Waals surface area contributed by atoms with Crippen molar-refractivity contribution in [1.29, 1.82) is 0 Å². The Morgan fingerprint density at radius 2 is 1.77 bits per heavy atom. The van der Waals surface area contributed by atoms with Crippen molar-refractivity contribution < 1.29 is 27.0 Å². The quantitative estimate of drug-likeness (QED) is 0.614. The second kappa shape index (κ2) is 7.36. The molecule has 0 saturated heterocycles. The number of hydrogen-bond acceptors (Lipinski definition) is 3. The highest BCUT2D eigenvalue weighted by molar-refractivity contribution is 7.80. The van der Waals surface area contributed by atoms with Gasteiger partial charge in [-0.15, -0.1) is 0 Å². The van der Waals surface area contributed by atoms with Crippen molar-refractivity contribution in [3.05, 3.63) is 53.3 Å². The molecule has 1 heterocycles. The Balaban J connectivity index is 1.59. The molecule has 0 aliphatic carbocycles. The molecule has 1 aliphatic heterocycles. The lowest BCUT2D eigenvalue weighted by Gasteiger charge is -2.19. The number of benzene rings is 2. The molecule has 138 valence electrons. The Kier molecular flexibility index (Phi) is 5.17. The van der Waals surface area contributed by atoms with Crippen molar-refractivity contribution in [2.24, 2.45) is 0 Å². The molecule has 0 saturated carbocycles. The average Bonchev–Trinajstić information content (AvgIpc) is 2.59. The number of thiocarbonyl (C=S) groups is 1. The lowest BCUT2D eigenvalue weighted by atomic mass is 10.1. The molecule has 4 nitrogen and oxygen atoms in total. The number of rotatable bonds is 3. The number of nitrogens with one attached hydrogen (secondary N) is 2. The minimum atomic E-state index is -4.58. The predicted octanol–water partition coefficient (Wildman–Crippen LogP) is 4.10. The standard InChI is InChI=1S/C17H14F4N2O2S/c18-13-7-11(17(19,20)21)2-1-10(13)9-22-16(26)23-12-3-4-14-15(8-12)25-6-5-24-14/h1-4,7-8H,5-6,9H2,(H2,22,23,26). The van der Waals surface area contributed by atoms with E-state index in [0.29, 0.717) is 36.5 Å². The van der Waals surface area contributed by atoms with Crippen LogP contribution < -0.4 is 20.1 Å². The van der Waals surface area contributed by atoms with Gasteiger partial charge in [-0.2, -0.15) is 13.2 Å². The maximum Gasteiger partial charge on any atom is 0.416 e. The third-order valence-electron chi connectivity index (χ3n) is 3.62. The van der Waals surface area contributed by atoms with Gasteiger partial charge in [0.25, 0.3) is 0 Å². The van der Waals surface area contributed by atoms with Gasteiger partial charge in [0.2, 0.25) is 0 Å². The van der Waals surface area contributed by atoms with Crippen LogP contribution in [0.2, 0.25) is 0 Å². The highest BCUT2D eigenvalue weighted by atomic mass is 32.1. The fourth-order valence-corrected chi connectivity index (χ4v) is 2.53. The van der Waals surface area contributed by atoms with Crippen molar-refractivity contribution in [2.75, 3.05) is 18.5 Å². The Morgan fingerprint density at radius 3 is 2.46 bits per heavy atom. The Labute approximate surface area is 152 Å². The summed E-state index contributed by atoms with van der Waals surface area (Å²) >= 11 is 5.12. The van der Waals surface area contributed by atoms with Gasteiger partial charge < -0.3 is 20.1 Å². The molecule has 0 fully saturated rings. The van der Waals surface area contributed by atoms with Crippen molar-refractivity contribution in [3.63, 3.8) is 0 Å². The summed E-state index contributed by atoms with van der Waals surface area (Å²) in [5, 5.41) is 5.85. The molecule has 9 heteroatoms. The number of fused-ring (bicyclic) bond motifs is 1. The van der Waals surface area contributed by atoms with E-state index in [4.69, 9.17) is 21.7 Å². The number of ether oxygens (including phenoxy) is 2. The Hall–Kier alpha value is -2.55. The van der Waals surface area contributed by atoms with Gasteiger partial charge in [-0.05, 0) is 36.5 Å². The fourth-order valence-electron chi connectivity index (χ4n) is 2.34. The van der Waals surface area contributed by atoms with E-state index in [1.165, 1.54) is 0 Å².